The molecule has 1 aromatic heterocycles. The van der Waals surface area contributed by atoms with E-state index in [9.17, 15) is 9.59 Å². The summed E-state index contributed by atoms with van der Waals surface area (Å²) < 4.78 is 0. The van der Waals surface area contributed by atoms with E-state index in [0.29, 0.717) is 13.1 Å². The molecule has 2 amide bonds. The first kappa shape index (κ1) is 15.5. The molecule has 2 rings (SSSR count). The van der Waals surface area contributed by atoms with Crippen molar-refractivity contribution in [3.05, 3.63) is 18.2 Å². The van der Waals surface area contributed by atoms with E-state index < -0.39 is 0 Å². The summed E-state index contributed by atoms with van der Waals surface area (Å²) in [4.78, 5) is 33.0. The molecular weight excluding hydrogens is 268 g/mol. The van der Waals surface area contributed by atoms with Gasteiger partial charge in [-0.05, 0) is 12.8 Å². The third-order valence-corrected chi connectivity index (χ3v) is 3.85. The lowest BCUT2D eigenvalue weighted by atomic mass is 9.96. The molecule has 1 atom stereocenters. The number of hydrogen-bond acceptors (Lipinski definition) is 3. The van der Waals surface area contributed by atoms with E-state index >= 15 is 0 Å². The molecule has 1 aromatic rings. The van der Waals surface area contributed by atoms with Gasteiger partial charge in [0.15, 0.2) is 0 Å². The van der Waals surface area contributed by atoms with E-state index in [0.717, 1.165) is 31.5 Å². The van der Waals surface area contributed by atoms with Crippen molar-refractivity contribution in [1.29, 1.82) is 0 Å². The van der Waals surface area contributed by atoms with E-state index in [1.54, 1.807) is 12.5 Å². The predicted octanol–water partition coefficient (Wildman–Crippen LogP) is 0.963. The normalized spacial score (nSPS) is 18.8. The second-order valence-corrected chi connectivity index (χ2v) is 5.90. The van der Waals surface area contributed by atoms with Crippen molar-refractivity contribution >= 4 is 11.8 Å². The van der Waals surface area contributed by atoms with Crippen LogP contribution in [0.25, 0.3) is 0 Å². The number of piperidine rings is 1. The van der Waals surface area contributed by atoms with Gasteiger partial charge in [0.1, 0.15) is 0 Å². The molecule has 0 bridgehead atoms. The molecule has 2 N–H and O–H groups in total. The maximum absolute atomic E-state index is 12.2. The number of carbonyl (C=O) groups excluding carboxylic acids is 2. The Bertz CT molecular complexity index is 470. The highest BCUT2D eigenvalue weighted by Crippen LogP contribution is 2.18. The molecule has 6 heteroatoms. The average Bonchev–Trinajstić information content (AvgIpc) is 2.99. The van der Waals surface area contributed by atoms with Gasteiger partial charge in [-0.25, -0.2) is 4.98 Å². The Hall–Kier alpha value is -1.85. The number of rotatable bonds is 5. The topological polar surface area (TPSA) is 78.1 Å². The third kappa shape index (κ3) is 4.31. The largest absolute Gasteiger partial charge is 0.355 e. The van der Waals surface area contributed by atoms with Crippen LogP contribution in [0.15, 0.2) is 12.5 Å². The molecule has 0 radical (unpaired) electrons. The van der Waals surface area contributed by atoms with Crippen LogP contribution >= 0.6 is 0 Å². The Morgan fingerprint density at radius 2 is 2.33 bits per heavy atom. The van der Waals surface area contributed by atoms with Crippen LogP contribution in [0.4, 0.5) is 0 Å². The highest BCUT2D eigenvalue weighted by molar-refractivity contribution is 5.82. The monoisotopic (exact) mass is 292 g/mol. The van der Waals surface area contributed by atoms with Crippen molar-refractivity contribution in [1.82, 2.24) is 20.2 Å². The molecule has 21 heavy (non-hydrogen) atoms. The number of imidazole rings is 1. The minimum Gasteiger partial charge on any atom is -0.355 e. The second-order valence-electron chi connectivity index (χ2n) is 5.90. The van der Waals surface area contributed by atoms with Gasteiger partial charge in [-0.3, -0.25) is 9.59 Å². The van der Waals surface area contributed by atoms with E-state index in [1.165, 1.54) is 0 Å². The fraction of sp³-hybridized carbons (Fsp3) is 0.667. The van der Waals surface area contributed by atoms with Gasteiger partial charge in [-0.15, -0.1) is 0 Å². The number of likely N-dealkylation sites (tertiary alicyclic amines) is 1. The van der Waals surface area contributed by atoms with Gasteiger partial charge in [0.25, 0.3) is 0 Å². The summed E-state index contributed by atoms with van der Waals surface area (Å²) in [6, 6.07) is 0. The zero-order valence-corrected chi connectivity index (χ0v) is 12.8. The molecule has 116 valence electrons. The van der Waals surface area contributed by atoms with Gasteiger partial charge < -0.3 is 15.2 Å². The van der Waals surface area contributed by atoms with Crippen molar-refractivity contribution in [3.8, 4) is 0 Å². The van der Waals surface area contributed by atoms with E-state index in [1.807, 2.05) is 18.7 Å². The Morgan fingerprint density at radius 1 is 1.52 bits per heavy atom. The lowest BCUT2D eigenvalue weighted by Gasteiger charge is -2.33. The number of nitrogens with one attached hydrogen (secondary N) is 2. The van der Waals surface area contributed by atoms with Crippen LogP contribution in [0.2, 0.25) is 0 Å². The minimum absolute atomic E-state index is 0.00723. The Balaban J connectivity index is 1.77. The van der Waals surface area contributed by atoms with E-state index in [2.05, 4.69) is 15.3 Å². The summed E-state index contributed by atoms with van der Waals surface area (Å²) in [6.07, 6.45) is 5.89. The molecule has 1 fully saturated rings. The number of H-pyrrole nitrogens is 1. The molecule has 0 spiro atoms. The summed E-state index contributed by atoms with van der Waals surface area (Å²) in [5, 5.41) is 2.95. The van der Waals surface area contributed by atoms with Crippen LogP contribution in [0.3, 0.4) is 0 Å². The summed E-state index contributed by atoms with van der Waals surface area (Å²) in [6.45, 7) is 5.71. The third-order valence-electron chi connectivity index (χ3n) is 3.85. The molecule has 0 saturated carbocycles. The average molecular weight is 292 g/mol. The van der Waals surface area contributed by atoms with Gasteiger partial charge in [0.05, 0.1) is 12.2 Å². The summed E-state index contributed by atoms with van der Waals surface area (Å²) in [7, 11) is 0. The molecular formula is C15H24N4O2. The quantitative estimate of drug-likeness (QED) is 0.848. The number of hydrogen-bond donors (Lipinski definition) is 2. The van der Waals surface area contributed by atoms with Crippen molar-refractivity contribution in [2.75, 3.05) is 19.6 Å². The van der Waals surface area contributed by atoms with Gasteiger partial charge in [0, 0.05) is 43.9 Å². The van der Waals surface area contributed by atoms with Crippen LogP contribution in [-0.2, 0) is 16.0 Å². The maximum atomic E-state index is 12.2. The van der Waals surface area contributed by atoms with Crippen LogP contribution in [0.1, 0.15) is 32.4 Å². The predicted molar refractivity (Wildman–Crippen MR) is 79.4 cm³/mol. The maximum Gasteiger partial charge on any atom is 0.225 e. The zero-order chi connectivity index (χ0) is 15.2. The Morgan fingerprint density at radius 3 is 3.00 bits per heavy atom. The van der Waals surface area contributed by atoms with Crippen LogP contribution in [-0.4, -0.2) is 46.3 Å². The molecule has 1 unspecified atom stereocenters. The highest BCUT2D eigenvalue weighted by Gasteiger charge is 2.28. The van der Waals surface area contributed by atoms with Crippen LogP contribution in [0, 0.1) is 11.8 Å². The summed E-state index contributed by atoms with van der Waals surface area (Å²) in [5.74, 6) is 0.108. The number of amides is 2. The number of aromatic nitrogens is 2. The lowest BCUT2D eigenvalue weighted by Crippen LogP contribution is -2.46. The summed E-state index contributed by atoms with van der Waals surface area (Å²) in [5.41, 5.74) is 1.01. The molecule has 1 aliphatic heterocycles. The fourth-order valence-electron chi connectivity index (χ4n) is 2.64. The fourth-order valence-corrected chi connectivity index (χ4v) is 2.64. The van der Waals surface area contributed by atoms with Crippen LogP contribution < -0.4 is 5.32 Å². The number of nitrogens with zero attached hydrogens (tertiary/aromatic N) is 2. The Kier molecular flexibility index (Phi) is 5.36. The van der Waals surface area contributed by atoms with Gasteiger partial charge in [-0.1, -0.05) is 13.8 Å². The van der Waals surface area contributed by atoms with Crippen molar-refractivity contribution in [3.63, 3.8) is 0 Å². The smallest absolute Gasteiger partial charge is 0.225 e. The molecule has 0 aliphatic carbocycles. The van der Waals surface area contributed by atoms with Crippen LogP contribution in [0.5, 0.6) is 0 Å². The van der Waals surface area contributed by atoms with Gasteiger partial charge >= 0.3 is 0 Å². The zero-order valence-electron chi connectivity index (χ0n) is 12.8. The SMILES string of the molecule is CC(C)C(=O)N1CCCC(C(=O)NCCc2cnc[nH]2)C1. The Labute approximate surface area is 125 Å². The minimum atomic E-state index is -0.0804. The van der Waals surface area contributed by atoms with Gasteiger partial charge in [-0.2, -0.15) is 0 Å². The lowest BCUT2D eigenvalue weighted by molar-refractivity contribution is -0.138. The van der Waals surface area contributed by atoms with Gasteiger partial charge in [0.2, 0.25) is 11.8 Å². The molecule has 6 nitrogen and oxygen atoms in total. The molecule has 0 aromatic carbocycles. The molecule has 1 saturated heterocycles. The van der Waals surface area contributed by atoms with Crippen molar-refractivity contribution in [2.45, 2.75) is 33.1 Å². The number of aromatic amines is 1. The standard InChI is InChI=1S/C15H24N4O2/c1-11(2)15(21)19-7-3-4-12(9-19)14(20)17-6-5-13-8-16-10-18-13/h8,10-12H,3-7,9H2,1-2H3,(H,16,18)(H,17,20). The van der Waals surface area contributed by atoms with Crippen molar-refractivity contribution in [2.24, 2.45) is 11.8 Å². The molecule has 2 heterocycles. The molecule has 1 aliphatic rings. The first-order valence-corrected chi connectivity index (χ1v) is 7.61. The van der Waals surface area contributed by atoms with Crippen molar-refractivity contribution < 1.29 is 9.59 Å². The first-order valence-electron chi connectivity index (χ1n) is 7.61. The number of carbonyl (C=O) groups is 2. The van der Waals surface area contributed by atoms with E-state index in [-0.39, 0.29) is 23.7 Å². The second kappa shape index (κ2) is 7.24. The highest BCUT2D eigenvalue weighted by atomic mass is 16.2. The van der Waals surface area contributed by atoms with E-state index in [4.69, 9.17) is 0 Å². The summed E-state index contributed by atoms with van der Waals surface area (Å²) >= 11 is 0. The first-order chi connectivity index (χ1) is 10.1.